The molecule has 6 nitrogen and oxygen atoms in total. The number of carboxylic acid groups (broad SMARTS) is 1. The van der Waals surface area contributed by atoms with E-state index >= 15 is 0 Å². The van der Waals surface area contributed by atoms with Gasteiger partial charge in [0.25, 0.3) is 0 Å². The van der Waals surface area contributed by atoms with Crippen LogP contribution in [0, 0.1) is 0 Å². The zero-order chi connectivity index (χ0) is 13.4. The number of piperidine rings is 1. The Morgan fingerprint density at radius 3 is 2.56 bits per heavy atom. The molecule has 1 aliphatic heterocycles. The molecule has 18 heavy (non-hydrogen) atoms. The molecule has 0 bridgehead atoms. The molecule has 1 heterocycles. The van der Waals surface area contributed by atoms with Gasteiger partial charge in [-0.15, -0.1) is 0 Å². The van der Waals surface area contributed by atoms with Crippen molar-refractivity contribution in [1.29, 1.82) is 0 Å². The van der Waals surface area contributed by atoms with Crippen LogP contribution in [0.15, 0.2) is 0 Å². The van der Waals surface area contributed by atoms with Crippen LogP contribution in [0.2, 0.25) is 0 Å². The van der Waals surface area contributed by atoms with Crippen molar-refractivity contribution in [3.63, 3.8) is 0 Å². The normalized spacial score (nSPS) is 16.8. The molecule has 0 radical (unpaired) electrons. The van der Waals surface area contributed by atoms with Gasteiger partial charge in [-0.25, -0.2) is 4.79 Å². The van der Waals surface area contributed by atoms with Crippen molar-refractivity contribution < 1.29 is 24.2 Å². The Morgan fingerprint density at radius 1 is 1.33 bits per heavy atom. The third-order valence-electron chi connectivity index (χ3n) is 2.98. The van der Waals surface area contributed by atoms with Gasteiger partial charge in [-0.1, -0.05) is 0 Å². The number of amides is 1. The minimum Gasteiger partial charge on any atom is -0.480 e. The number of ether oxygens (including phenoxy) is 2. The van der Waals surface area contributed by atoms with Crippen molar-refractivity contribution in [2.45, 2.75) is 31.8 Å². The van der Waals surface area contributed by atoms with Crippen molar-refractivity contribution >= 4 is 11.9 Å². The van der Waals surface area contributed by atoms with Crippen LogP contribution in [0.3, 0.4) is 0 Å². The van der Waals surface area contributed by atoms with E-state index in [0.717, 1.165) is 6.42 Å². The molecule has 1 fully saturated rings. The predicted octanol–water partition coefficient (Wildman–Crippen LogP) is 0.505. The topological polar surface area (TPSA) is 76.1 Å². The Morgan fingerprint density at radius 2 is 2.00 bits per heavy atom. The van der Waals surface area contributed by atoms with Gasteiger partial charge in [0.05, 0.1) is 6.10 Å². The Bertz CT molecular complexity index is 274. The van der Waals surface area contributed by atoms with Crippen LogP contribution in [-0.2, 0) is 19.1 Å². The van der Waals surface area contributed by atoms with E-state index in [1.807, 2.05) is 4.90 Å². The molecule has 0 aromatic carbocycles. The van der Waals surface area contributed by atoms with Crippen molar-refractivity contribution in [1.82, 2.24) is 4.90 Å². The highest BCUT2D eigenvalue weighted by molar-refractivity contribution is 5.76. The molecule has 0 aromatic heterocycles. The molecule has 1 amide bonds. The molecule has 6 heteroatoms. The summed E-state index contributed by atoms with van der Waals surface area (Å²) in [7, 11) is 1.62. The molecule has 1 N–H and O–H groups in total. The predicted molar refractivity (Wildman–Crippen MR) is 64.3 cm³/mol. The van der Waals surface area contributed by atoms with E-state index in [1.54, 1.807) is 7.11 Å². The SMILES string of the molecule is COCCCC(=O)N1CCC(OCC(=O)O)CC1. The fourth-order valence-electron chi connectivity index (χ4n) is 1.99. The maximum absolute atomic E-state index is 11.8. The van der Waals surface area contributed by atoms with Gasteiger partial charge in [-0.3, -0.25) is 4.79 Å². The molecule has 0 saturated carbocycles. The third kappa shape index (κ3) is 5.46. The number of hydrogen-bond acceptors (Lipinski definition) is 4. The van der Waals surface area contributed by atoms with Gasteiger partial charge >= 0.3 is 5.97 Å². The third-order valence-corrected chi connectivity index (χ3v) is 2.98. The van der Waals surface area contributed by atoms with E-state index < -0.39 is 5.97 Å². The molecule has 104 valence electrons. The second-order valence-electron chi connectivity index (χ2n) is 4.38. The van der Waals surface area contributed by atoms with E-state index in [0.29, 0.717) is 39.0 Å². The zero-order valence-electron chi connectivity index (χ0n) is 10.8. The lowest BCUT2D eigenvalue weighted by Crippen LogP contribution is -2.41. The molecule has 0 aliphatic carbocycles. The number of methoxy groups -OCH3 is 1. The van der Waals surface area contributed by atoms with Crippen LogP contribution in [0.4, 0.5) is 0 Å². The average Bonchev–Trinajstić information content (AvgIpc) is 2.37. The van der Waals surface area contributed by atoms with Gasteiger partial charge in [-0.05, 0) is 19.3 Å². The van der Waals surface area contributed by atoms with Gasteiger partial charge in [0.1, 0.15) is 6.61 Å². The molecule has 1 saturated heterocycles. The quantitative estimate of drug-likeness (QED) is 0.674. The fourth-order valence-corrected chi connectivity index (χ4v) is 1.99. The Balaban J connectivity index is 2.17. The fraction of sp³-hybridized carbons (Fsp3) is 0.833. The van der Waals surface area contributed by atoms with Gasteiger partial charge in [0.2, 0.25) is 5.91 Å². The monoisotopic (exact) mass is 259 g/mol. The van der Waals surface area contributed by atoms with Crippen LogP contribution >= 0.6 is 0 Å². The number of aliphatic carboxylic acids is 1. The summed E-state index contributed by atoms with van der Waals surface area (Å²) in [4.78, 5) is 24.0. The van der Waals surface area contributed by atoms with E-state index in [1.165, 1.54) is 0 Å². The first-order chi connectivity index (χ1) is 8.63. The standard InChI is InChI=1S/C12H21NO5/c1-17-8-2-3-11(14)13-6-4-10(5-7-13)18-9-12(15)16/h10H,2-9H2,1H3,(H,15,16). The van der Waals surface area contributed by atoms with Crippen LogP contribution in [0.5, 0.6) is 0 Å². The second kappa shape index (κ2) is 8.05. The van der Waals surface area contributed by atoms with Crippen molar-refractivity contribution in [3.8, 4) is 0 Å². The highest BCUT2D eigenvalue weighted by atomic mass is 16.5. The largest absolute Gasteiger partial charge is 0.480 e. The highest BCUT2D eigenvalue weighted by Gasteiger charge is 2.23. The summed E-state index contributed by atoms with van der Waals surface area (Å²) < 4.78 is 10.1. The Labute approximate surface area is 107 Å². The first kappa shape index (κ1) is 14.9. The summed E-state index contributed by atoms with van der Waals surface area (Å²) in [6.07, 6.45) is 2.63. The minimum atomic E-state index is -0.951. The van der Waals surface area contributed by atoms with Gasteiger partial charge in [-0.2, -0.15) is 0 Å². The first-order valence-corrected chi connectivity index (χ1v) is 6.23. The van der Waals surface area contributed by atoms with Gasteiger partial charge in [0.15, 0.2) is 0 Å². The lowest BCUT2D eigenvalue weighted by atomic mass is 10.1. The summed E-state index contributed by atoms with van der Waals surface area (Å²) in [5.41, 5.74) is 0. The molecular weight excluding hydrogens is 238 g/mol. The molecule has 1 rings (SSSR count). The van der Waals surface area contributed by atoms with E-state index in [9.17, 15) is 9.59 Å². The summed E-state index contributed by atoms with van der Waals surface area (Å²) in [6, 6.07) is 0. The number of hydrogen-bond donors (Lipinski definition) is 1. The summed E-state index contributed by atoms with van der Waals surface area (Å²) >= 11 is 0. The van der Waals surface area contributed by atoms with E-state index in [-0.39, 0.29) is 18.6 Å². The van der Waals surface area contributed by atoms with E-state index in [4.69, 9.17) is 14.6 Å². The zero-order valence-corrected chi connectivity index (χ0v) is 10.8. The minimum absolute atomic E-state index is 0.0378. The summed E-state index contributed by atoms with van der Waals surface area (Å²) in [5, 5.41) is 8.50. The molecule has 0 aromatic rings. The lowest BCUT2D eigenvalue weighted by molar-refractivity contribution is -0.146. The number of carboxylic acids is 1. The Hall–Kier alpha value is -1.14. The molecule has 1 aliphatic rings. The molecular formula is C12H21NO5. The van der Waals surface area contributed by atoms with Crippen LogP contribution in [0.25, 0.3) is 0 Å². The van der Waals surface area contributed by atoms with Crippen LogP contribution in [0.1, 0.15) is 25.7 Å². The number of likely N-dealkylation sites (tertiary alicyclic amines) is 1. The van der Waals surface area contributed by atoms with Crippen molar-refractivity contribution in [2.75, 3.05) is 33.4 Å². The highest BCUT2D eigenvalue weighted by Crippen LogP contribution is 2.14. The number of carbonyl (C=O) groups excluding carboxylic acids is 1. The average molecular weight is 259 g/mol. The van der Waals surface area contributed by atoms with Crippen LogP contribution in [-0.4, -0.2) is 61.4 Å². The molecule has 0 spiro atoms. The van der Waals surface area contributed by atoms with Crippen molar-refractivity contribution in [3.05, 3.63) is 0 Å². The molecule has 0 atom stereocenters. The summed E-state index contributed by atoms with van der Waals surface area (Å²) in [6.45, 7) is 1.64. The summed E-state index contributed by atoms with van der Waals surface area (Å²) in [5.74, 6) is -0.809. The van der Waals surface area contributed by atoms with Gasteiger partial charge < -0.3 is 19.5 Å². The smallest absolute Gasteiger partial charge is 0.329 e. The van der Waals surface area contributed by atoms with Crippen LogP contribution < -0.4 is 0 Å². The number of nitrogens with zero attached hydrogens (tertiary/aromatic N) is 1. The maximum Gasteiger partial charge on any atom is 0.329 e. The number of rotatable bonds is 7. The first-order valence-electron chi connectivity index (χ1n) is 6.23. The maximum atomic E-state index is 11.8. The number of carbonyl (C=O) groups is 2. The van der Waals surface area contributed by atoms with Gasteiger partial charge in [0, 0.05) is 33.2 Å². The second-order valence-corrected chi connectivity index (χ2v) is 4.38. The van der Waals surface area contributed by atoms with E-state index in [2.05, 4.69) is 0 Å². The molecule has 0 unspecified atom stereocenters. The lowest BCUT2D eigenvalue weighted by Gasteiger charge is -2.31. The Kier molecular flexibility index (Phi) is 6.67. The van der Waals surface area contributed by atoms with Crippen molar-refractivity contribution in [2.24, 2.45) is 0 Å².